The van der Waals surface area contributed by atoms with E-state index in [1.165, 1.54) is 10.9 Å². The third-order valence-electron chi connectivity index (χ3n) is 1.95. The van der Waals surface area contributed by atoms with Crippen LogP contribution in [0.2, 0.25) is 0 Å². The van der Waals surface area contributed by atoms with Crippen LogP contribution in [0.4, 0.5) is 13.2 Å². The summed E-state index contributed by atoms with van der Waals surface area (Å²) in [6, 6.07) is 7.83. The maximum Gasteiger partial charge on any atom is 0.435 e. The lowest BCUT2D eigenvalue weighted by molar-refractivity contribution is -0.141. The van der Waals surface area contributed by atoms with Gasteiger partial charge in [-0.1, -0.05) is 22.0 Å². The van der Waals surface area contributed by atoms with Gasteiger partial charge in [-0.15, -0.1) is 0 Å². The molecule has 0 atom stereocenters. The van der Waals surface area contributed by atoms with Gasteiger partial charge < -0.3 is 0 Å². The van der Waals surface area contributed by atoms with Crippen molar-refractivity contribution in [2.45, 2.75) is 6.18 Å². The van der Waals surface area contributed by atoms with Crippen molar-refractivity contribution >= 4 is 15.9 Å². The SMILES string of the molecule is FC(F)(F)c1ccn(-c2cccc(Br)c2)n1. The van der Waals surface area contributed by atoms with Gasteiger partial charge in [0.05, 0.1) is 5.69 Å². The third-order valence-corrected chi connectivity index (χ3v) is 2.45. The van der Waals surface area contributed by atoms with Gasteiger partial charge in [0, 0.05) is 10.7 Å². The van der Waals surface area contributed by atoms with E-state index in [0.29, 0.717) is 5.69 Å². The molecule has 0 amide bonds. The Bertz CT molecular complexity index is 505. The zero-order valence-electron chi connectivity index (χ0n) is 7.87. The molecule has 2 aromatic rings. The van der Waals surface area contributed by atoms with Crippen LogP contribution < -0.4 is 0 Å². The predicted octanol–water partition coefficient (Wildman–Crippen LogP) is 3.65. The van der Waals surface area contributed by atoms with E-state index < -0.39 is 11.9 Å². The van der Waals surface area contributed by atoms with E-state index in [-0.39, 0.29) is 0 Å². The number of nitrogens with zero attached hydrogens (tertiary/aromatic N) is 2. The lowest BCUT2D eigenvalue weighted by Gasteiger charge is -2.03. The van der Waals surface area contributed by atoms with Crippen molar-refractivity contribution in [2.24, 2.45) is 0 Å². The van der Waals surface area contributed by atoms with Gasteiger partial charge in [0.25, 0.3) is 0 Å². The third kappa shape index (κ3) is 2.27. The molecular weight excluding hydrogens is 285 g/mol. The number of hydrogen-bond acceptors (Lipinski definition) is 1. The molecule has 0 aliphatic heterocycles. The van der Waals surface area contributed by atoms with Crippen molar-refractivity contribution in [1.82, 2.24) is 9.78 Å². The number of alkyl halides is 3. The predicted molar refractivity (Wildman–Crippen MR) is 56.3 cm³/mol. The van der Waals surface area contributed by atoms with Gasteiger partial charge in [-0.05, 0) is 24.3 Å². The minimum Gasteiger partial charge on any atom is -0.240 e. The molecule has 0 N–H and O–H groups in total. The maximum atomic E-state index is 12.3. The van der Waals surface area contributed by atoms with Gasteiger partial charge in [-0.25, -0.2) is 4.68 Å². The highest BCUT2D eigenvalue weighted by molar-refractivity contribution is 9.10. The molecule has 0 aliphatic rings. The molecule has 0 saturated heterocycles. The fraction of sp³-hybridized carbons (Fsp3) is 0.100. The van der Waals surface area contributed by atoms with Crippen molar-refractivity contribution in [3.63, 3.8) is 0 Å². The van der Waals surface area contributed by atoms with E-state index in [1.54, 1.807) is 24.3 Å². The van der Waals surface area contributed by atoms with Crippen LogP contribution in [0, 0.1) is 0 Å². The molecule has 6 heteroatoms. The largest absolute Gasteiger partial charge is 0.435 e. The molecule has 0 unspecified atom stereocenters. The summed E-state index contributed by atoms with van der Waals surface area (Å²) in [7, 11) is 0. The number of benzene rings is 1. The van der Waals surface area contributed by atoms with E-state index >= 15 is 0 Å². The molecule has 0 spiro atoms. The molecule has 0 aliphatic carbocycles. The van der Waals surface area contributed by atoms with Crippen LogP contribution in [-0.2, 0) is 6.18 Å². The second-order valence-corrected chi connectivity index (χ2v) is 4.04. The van der Waals surface area contributed by atoms with Gasteiger partial charge >= 0.3 is 6.18 Å². The molecule has 2 nitrogen and oxygen atoms in total. The molecule has 1 aromatic carbocycles. The zero-order valence-corrected chi connectivity index (χ0v) is 9.46. The fourth-order valence-electron chi connectivity index (χ4n) is 1.24. The zero-order chi connectivity index (χ0) is 11.8. The van der Waals surface area contributed by atoms with Gasteiger partial charge in [0.2, 0.25) is 0 Å². The summed E-state index contributed by atoms with van der Waals surface area (Å²) in [5, 5.41) is 3.46. The molecule has 0 saturated carbocycles. The number of halogens is 4. The molecule has 16 heavy (non-hydrogen) atoms. The van der Waals surface area contributed by atoms with Crippen LogP contribution >= 0.6 is 15.9 Å². The number of aromatic nitrogens is 2. The smallest absolute Gasteiger partial charge is 0.240 e. The average molecular weight is 291 g/mol. The van der Waals surface area contributed by atoms with Gasteiger partial charge in [-0.2, -0.15) is 18.3 Å². The Morgan fingerprint density at radius 3 is 2.50 bits per heavy atom. The van der Waals surface area contributed by atoms with Gasteiger partial charge in [-0.3, -0.25) is 0 Å². The lowest BCUT2D eigenvalue weighted by Crippen LogP contribution is -2.07. The van der Waals surface area contributed by atoms with Crippen LogP contribution in [0.25, 0.3) is 5.69 Å². The van der Waals surface area contributed by atoms with Crippen LogP contribution in [0.1, 0.15) is 5.69 Å². The Morgan fingerprint density at radius 2 is 1.94 bits per heavy atom. The molecule has 0 bridgehead atoms. The van der Waals surface area contributed by atoms with Crippen molar-refractivity contribution in [3.8, 4) is 5.69 Å². The van der Waals surface area contributed by atoms with Crippen molar-refractivity contribution in [3.05, 3.63) is 46.7 Å². The van der Waals surface area contributed by atoms with Crippen molar-refractivity contribution in [2.75, 3.05) is 0 Å². The first-order chi connectivity index (χ1) is 7.47. The Hall–Kier alpha value is -1.30. The molecule has 0 radical (unpaired) electrons. The van der Waals surface area contributed by atoms with E-state index in [0.717, 1.165) is 10.5 Å². The summed E-state index contributed by atoms with van der Waals surface area (Å²) in [5.41, 5.74) is -0.322. The van der Waals surface area contributed by atoms with Crippen molar-refractivity contribution < 1.29 is 13.2 Å². The molecule has 0 fully saturated rings. The van der Waals surface area contributed by atoms with Crippen LogP contribution in [0.15, 0.2) is 41.0 Å². The molecular formula is C10H6BrF3N2. The summed E-state index contributed by atoms with van der Waals surface area (Å²) in [5.74, 6) is 0. The first kappa shape index (κ1) is 11.2. The minimum atomic E-state index is -4.41. The summed E-state index contributed by atoms with van der Waals surface area (Å²) >= 11 is 3.24. The highest BCUT2D eigenvalue weighted by Crippen LogP contribution is 2.28. The average Bonchev–Trinajstić information content (AvgIpc) is 2.65. The Labute approximate surface area is 97.8 Å². The highest BCUT2D eigenvalue weighted by atomic mass is 79.9. The quantitative estimate of drug-likeness (QED) is 0.784. The van der Waals surface area contributed by atoms with Crippen LogP contribution in [0.3, 0.4) is 0 Å². The summed E-state index contributed by atoms with van der Waals surface area (Å²) in [4.78, 5) is 0. The highest BCUT2D eigenvalue weighted by Gasteiger charge is 2.33. The Balaban J connectivity index is 2.39. The Kier molecular flexibility index (Phi) is 2.75. The lowest BCUT2D eigenvalue weighted by atomic mass is 10.3. The molecule has 84 valence electrons. The summed E-state index contributed by atoms with van der Waals surface area (Å²) < 4.78 is 38.9. The maximum absolute atomic E-state index is 12.3. The second kappa shape index (κ2) is 3.93. The van der Waals surface area contributed by atoms with E-state index in [4.69, 9.17) is 0 Å². The summed E-state index contributed by atoms with van der Waals surface area (Å²) in [6.45, 7) is 0. The van der Waals surface area contributed by atoms with Crippen molar-refractivity contribution in [1.29, 1.82) is 0 Å². The molecule has 1 heterocycles. The second-order valence-electron chi connectivity index (χ2n) is 3.12. The fourth-order valence-corrected chi connectivity index (χ4v) is 1.62. The normalized spacial score (nSPS) is 11.8. The standard InChI is InChI=1S/C10H6BrF3N2/c11-7-2-1-3-8(6-7)16-5-4-9(15-16)10(12,13)14/h1-6H. The first-order valence-electron chi connectivity index (χ1n) is 4.35. The monoisotopic (exact) mass is 290 g/mol. The van der Waals surface area contributed by atoms with Gasteiger partial charge in [0.15, 0.2) is 5.69 Å². The number of rotatable bonds is 1. The summed E-state index contributed by atoms with van der Waals surface area (Å²) in [6.07, 6.45) is -3.12. The van der Waals surface area contributed by atoms with Crippen LogP contribution in [0.5, 0.6) is 0 Å². The molecule has 1 aromatic heterocycles. The van der Waals surface area contributed by atoms with E-state index in [2.05, 4.69) is 21.0 Å². The Morgan fingerprint density at radius 1 is 1.19 bits per heavy atom. The topological polar surface area (TPSA) is 17.8 Å². The molecule has 2 rings (SSSR count). The van der Waals surface area contributed by atoms with E-state index in [1.807, 2.05) is 0 Å². The van der Waals surface area contributed by atoms with Gasteiger partial charge in [0.1, 0.15) is 0 Å². The van der Waals surface area contributed by atoms with E-state index in [9.17, 15) is 13.2 Å². The number of hydrogen-bond donors (Lipinski definition) is 0. The minimum absolute atomic E-state index is 0.574. The first-order valence-corrected chi connectivity index (χ1v) is 5.15. The van der Waals surface area contributed by atoms with Crippen LogP contribution in [-0.4, -0.2) is 9.78 Å².